The number of aliphatic hydroxyl groups is 1. The molecule has 34 heavy (non-hydrogen) atoms. The molecule has 0 unspecified atom stereocenters. The second kappa shape index (κ2) is 10.0. The van der Waals surface area contributed by atoms with Gasteiger partial charge in [0.2, 0.25) is 5.95 Å². The van der Waals surface area contributed by atoms with Crippen LogP contribution >= 0.6 is 0 Å². The van der Waals surface area contributed by atoms with Crippen molar-refractivity contribution in [3.8, 4) is 22.8 Å². The molecule has 182 valence electrons. The van der Waals surface area contributed by atoms with Gasteiger partial charge < -0.3 is 25.2 Å². The SMILES string of the molecule is C[C@H](CO)Nc1nc(Nc2cccc(OC(F)(F)F)c2)cc(-c2cccc(OC(F)(F)F)c2)n1. The van der Waals surface area contributed by atoms with Gasteiger partial charge in [0.05, 0.1) is 12.3 Å². The van der Waals surface area contributed by atoms with Gasteiger partial charge >= 0.3 is 12.7 Å². The van der Waals surface area contributed by atoms with E-state index in [2.05, 4.69) is 30.1 Å². The number of aliphatic hydroxyl groups excluding tert-OH is 1. The number of rotatable bonds is 8. The van der Waals surface area contributed by atoms with E-state index < -0.39 is 30.3 Å². The summed E-state index contributed by atoms with van der Waals surface area (Å²) in [6.45, 7) is 1.38. The first-order valence-electron chi connectivity index (χ1n) is 9.66. The van der Waals surface area contributed by atoms with Crippen molar-refractivity contribution in [3.63, 3.8) is 0 Å². The van der Waals surface area contributed by atoms with Gasteiger partial charge in [-0.1, -0.05) is 18.2 Å². The van der Waals surface area contributed by atoms with E-state index in [0.717, 1.165) is 24.3 Å². The molecule has 2 aromatic carbocycles. The van der Waals surface area contributed by atoms with Crippen molar-refractivity contribution in [2.24, 2.45) is 0 Å². The van der Waals surface area contributed by atoms with Crippen LogP contribution in [-0.2, 0) is 0 Å². The van der Waals surface area contributed by atoms with Crippen molar-refractivity contribution in [1.29, 1.82) is 0 Å². The Balaban J connectivity index is 1.96. The van der Waals surface area contributed by atoms with Gasteiger partial charge in [0.15, 0.2) is 0 Å². The molecule has 0 saturated carbocycles. The quantitative estimate of drug-likeness (QED) is 0.362. The molecule has 0 fully saturated rings. The molecule has 7 nitrogen and oxygen atoms in total. The third-order valence-electron chi connectivity index (χ3n) is 4.08. The molecule has 0 aliphatic rings. The lowest BCUT2D eigenvalue weighted by atomic mass is 10.1. The lowest BCUT2D eigenvalue weighted by molar-refractivity contribution is -0.275. The van der Waals surface area contributed by atoms with E-state index in [1.807, 2.05) is 0 Å². The average Bonchev–Trinajstić information content (AvgIpc) is 2.71. The minimum Gasteiger partial charge on any atom is -0.406 e. The third-order valence-corrected chi connectivity index (χ3v) is 4.08. The number of ether oxygens (including phenoxy) is 2. The monoisotopic (exact) mass is 488 g/mol. The Morgan fingerprint density at radius 2 is 1.50 bits per heavy atom. The molecular weight excluding hydrogens is 470 g/mol. The zero-order valence-electron chi connectivity index (χ0n) is 17.4. The summed E-state index contributed by atoms with van der Waals surface area (Å²) in [6, 6.07) is 11.0. The first-order chi connectivity index (χ1) is 15.9. The average molecular weight is 488 g/mol. The van der Waals surface area contributed by atoms with Crippen LogP contribution in [0.25, 0.3) is 11.3 Å². The van der Waals surface area contributed by atoms with Gasteiger partial charge in [0.1, 0.15) is 17.3 Å². The molecule has 0 aliphatic heterocycles. The Kier molecular flexibility index (Phi) is 7.35. The smallest absolute Gasteiger partial charge is 0.406 e. The molecule has 0 radical (unpaired) electrons. The second-order valence-electron chi connectivity index (χ2n) is 6.97. The highest BCUT2D eigenvalue weighted by atomic mass is 19.4. The molecule has 1 heterocycles. The normalized spacial score (nSPS) is 12.7. The summed E-state index contributed by atoms with van der Waals surface area (Å²) in [5, 5.41) is 14.9. The van der Waals surface area contributed by atoms with Crippen LogP contribution < -0.4 is 20.1 Å². The second-order valence-corrected chi connectivity index (χ2v) is 6.97. The van der Waals surface area contributed by atoms with Crippen LogP contribution in [0.2, 0.25) is 0 Å². The van der Waals surface area contributed by atoms with E-state index in [-0.39, 0.29) is 35.3 Å². The number of halogens is 6. The summed E-state index contributed by atoms with van der Waals surface area (Å²) in [7, 11) is 0. The summed E-state index contributed by atoms with van der Waals surface area (Å²) in [4.78, 5) is 8.46. The van der Waals surface area contributed by atoms with E-state index in [1.165, 1.54) is 30.3 Å². The Morgan fingerprint density at radius 1 is 0.882 bits per heavy atom. The topological polar surface area (TPSA) is 88.5 Å². The van der Waals surface area contributed by atoms with E-state index in [9.17, 15) is 31.4 Å². The first kappa shape index (κ1) is 24.9. The van der Waals surface area contributed by atoms with E-state index in [1.54, 1.807) is 6.92 Å². The van der Waals surface area contributed by atoms with Crippen LogP contribution in [0.5, 0.6) is 11.5 Å². The number of alkyl halides is 6. The Labute approximate surface area is 189 Å². The molecule has 3 aromatic rings. The summed E-state index contributed by atoms with van der Waals surface area (Å²) in [5.41, 5.74) is 0.628. The van der Waals surface area contributed by atoms with Crippen molar-refractivity contribution in [3.05, 3.63) is 54.6 Å². The molecule has 1 atom stereocenters. The van der Waals surface area contributed by atoms with Crippen LogP contribution in [0, 0.1) is 0 Å². The number of nitrogens with zero attached hydrogens (tertiary/aromatic N) is 2. The minimum atomic E-state index is -4.89. The highest BCUT2D eigenvalue weighted by Gasteiger charge is 2.32. The maximum Gasteiger partial charge on any atom is 0.573 e. The van der Waals surface area contributed by atoms with E-state index in [0.29, 0.717) is 0 Å². The lowest BCUT2D eigenvalue weighted by Gasteiger charge is -2.15. The molecule has 0 spiro atoms. The minimum absolute atomic E-state index is 0.0198. The molecule has 0 aliphatic carbocycles. The summed E-state index contributed by atoms with van der Waals surface area (Å²) in [6.07, 6.45) is -9.76. The molecule has 3 N–H and O–H groups in total. The molecule has 0 bridgehead atoms. The van der Waals surface area contributed by atoms with Crippen molar-refractivity contribution in [2.45, 2.75) is 25.7 Å². The number of hydrogen-bond acceptors (Lipinski definition) is 7. The number of hydrogen-bond donors (Lipinski definition) is 3. The molecule has 3 rings (SSSR count). The number of nitrogens with one attached hydrogen (secondary N) is 2. The van der Waals surface area contributed by atoms with Crippen molar-refractivity contribution >= 4 is 17.5 Å². The first-order valence-corrected chi connectivity index (χ1v) is 9.66. The number of benzene rings is 2. The van der Waals surface area contributed by atoms with Crippen LogP contribution in [0.4, 0.5) is 43.8 Å². The zero-order chi connectivity index (χ0) is 24.9. The molecule has 13 heteroatoms. The van der Waals surface area contributed by atoms with E-state index >= 15 is 0 Å². The molecule has 0 saturated heterocycles. The van der Waals surface area contributed by atoms with Crippen LogP contribution in [0.3, 0.4) is 0 Å². The summed E-state index contributed by atoms with van der Waals surface area (Å²) < 4.78 is 83.1. The van der Waals surface area contributed by atoms with Crippen LogP contribution in [0.15, 0.2) is 54.6 Å². The number of aromatic nitrogens is 2. The third kappa shape index (κ3) is 7.69. The van der Waals surface area contributed by atoms with Gasteiger partial charge in [-0.25, -0.2) is 4.98 Å². The van der Waals surface area contributed by atoms with Crippen molar-refractivity contribution < 1.29 is 40.9 Å². The van der Waals surface area contributed by atoms with Crippen LogP contribution in [0.1, 0.15) is 6.92 Å². The van der Waals surface area contributed by atoms with Gasteiger partial charge in [-0.15, -0.1) is 26.3 Å². The van der Waals surface area contributed by atoms with Gasteiger partial charge in [0, 0.05) is 29.4 Å². The van der Waals surface area contributed by atoms with Gasteiger partial charge in [0.25, 0.3) is 0 Å². The standard InChI is InChI=1S/C21H18F6N4O3/c1-12(11-32)28-19-30-17(13-4-2-6-15(8-13)33-20(22,23)24)10-18(31-19)29-14-5-3-7-16(9-14)34-21(25,26)27/h2-10,12,32H,11H2,1H3,(H2,28,29,30,31)/t12-/m1/s1. The van der Waals surface area contributed by atoms with Gasteiger partial charge in [-0.3, -0.25) is 0 Å². The Hall–Kier alpha value is -3.74. The molecule has 1 aromatic heterocycles. The Bertz CT molecular complexity index is 1120. The largest absolute Gasteiger partial charge is 0.573 e. The fourth-order valence-corrected chi connectivity index (χ4v) is 2.76. The lowest BCUT2D eigenvalue weighted by Crippen LogP contribution is -2.21. The summed E-state index contributed by atoms with van der Waals surface area (Å²) in [5.74, 6) is -0.792. The summed E-state index contributed by atoms with van der Waals surface area (Å²) >= 11 is 0. The fraction of sp³-hybridized carbons (Fsp3) is 0.238. The van der Waals surface area contributed by atoms with Crippen LogP contribution in [-0.4, -0.2) is 40.4 Å². The fourth-order valence-electron chi connectivity index (χ4n) is 2.76. The molecular formula is C21H18F6N4O3. The van der Waals surface area contributed by atoms with Crippen molar-refractivity contribution in [1.82, 2.24) is 9.97 Å². The number of anilines is 3. The zero-order valence-corrected chi connectivity index (χ0v) is 17.4. The van der Waals surface area contributed by atoms with E-state index in [4.69, 9.17) is 0 Å². The molecule has 0 amide bonds. The van der Waals surface area contributed by atoms with Gasteiger partial charge in [-0.2, -0.15) is 4.98 Å². The maximum absolute atomic E-state index is 12.6. The predicted molar refractivity (Wildman–Crippen MR) is 111 cm³/mol. The highest BCUT2D eigenvalue weighted by molar-refractivity contribution is 5.68. The maximum atomic E-state index is 12.6. The van der Waals surface area contributed by atoms with Crippen molar-refractivity contribution in [2.75, 3.05) is 17.2 Å². The predicted octanol–water partition coefficient (Wildman–Crippen LogP) is 5.48. The van der Waals surface area contributed by atoms with Gasteiger partial charge in [-0.05, 0) is 31.2 Å². The highest BCUT2D eigenvalue weighted by Crippen LogP contribution is 2.30. The Morgan fingerprint density at radius 3 is 2.12 bits per heavy atom.